The van der Waals surface area contributed by atoms with E-state index in [9.17, 15) is 18.0 Å². The van der Waals surface area contributed by atoms with Gasteiger partial charge in [-0.05, 0) is 25.5 Å². The predicted molar refractivity (Wildman–Crippen MR) is 105 cm³/mol. The van der Waals surface area contributed by atoms with Gasteiger partial charge in [0.1, 0.15) is 5.52 Å². The van der Waals surface area contributed by atoms with Crippen LogP contribution in [0.25, 0.3) is 11.2 Å². The fourth-order valence-electron chi connectivity index (χ4n) is 3.43. The highest BCUT2D eigenvalue weighted by Crippen LogP contribution is 2.30. The number of aromatic nitrogens is 3. The molecule has 0 aromatic carbocycles. The molecule has 1 fully saturated rings. The van der Waals surface area contributed by atoms with Crippen LogP contribution in [0.4, 0.5) is 18.0 Å². The molecule has 3 heterocycles. The molecule has 3 rings (SSSR count). The van der Waals surface area contributed by atoms with Crippen LogP contribution in [0.2, 0.25) is 0 Å². The molecular formula is C19H27F3N6O2. The van der Waals surface area contributed by atoms with Gasteiger partial charge in [-0.1, -0.05) is 0 Å². The molecule has 1 aliphatic rings. The summed E-state index contributed by atoms with van der Waals surface area (Å²) in [6.07, 6.45) is -2.32. The summed E-state index contributed by atoms with van der Waals surface area (Å²) < 4.78 is 46.5. The van der Waals surface area contributed by atoms with Crippen molar-refractivity contribution in [3.63, 3.8) is 0 Å². The van der Waals surface area contributed by atoms with Crippen LogP contribution in [0.1, 0.15) is 19.2 Å². The maximum absolute atomic E-state index is 13.4. The molecule has 1 N–H and O–H groups in total. The lowest BCUT2D eigenvalue weighted by atomic mass is 10.3. The molecule has 0 bridgehead atoms. The van der Waals surface area contributed by atoms with Gasteiger partial charge in [0.15, 0.2) is 5.65 Å². The number of rotatable bonds is 8. The number of alkyl halides is 3. The summed E-state index contributed by atoms with van der Waals surface area (Å²) in [7, 11) is 0. The van der Waals surface area contributed by atoms with E-state index in [0.29, 0.717) is 52.5 Å². The van der Waals surface area contributed by atoms with E-state index >= 15 is 0 Å². The van der Waals surface area contributed by atoms with Gasteiger partial charge in [-0.15, -0.1) is 0 Å². The standard InChI is InChI=1S/C19H27F3N6O2/c1-2-30-14-4-7-24-18(29)27-11-8-26(9-12-27)10-13-28-16-15(5-3-6-23-16)25-17(28)19(20,21)22/h3,5-6H,2,4,7-14H2,1H3,(H,24,29). The highest BCUT2D eigenvalue weighted by Gasteiger charge is 2.38. The number of piperazine rings is 1. The first-order valence-electron chi connectivity index (χ1n) is 10.1. The van der Waals surface area contributed by atoms with Crippen molar-refractivity contribution >= 4 is 17.2 Å². The lowest BCUT2D eigenvalue weighted by Crippen LogP contribution is -2.52. The number of carbonyl (C=O) groups is 1. The van der Waals surface area contributed by atoms with E-state index in [-0.39, 0.29) is 23.7 Å². The normalized spacial score (nSPS) is 15.7. The number of pyridine rings is 1. The van der Waals surface area contributed by atoms with Gasteiger partial charge in [0.2, 0.25) is 5.82 Å². The Hall–Kier alpha value is -2.40. The number of ether oxygens (including phenoxy) is 1. The van der Waals surface area contributed by atoms with Gasteiger partial charge in [0, 0.05) is 65.2 Å². The number of halogens is 3. The number of hydrogen-bond donors (Lipinski definition) is 1. The maximum Gasteiger partial charge on any atom is 0.449 e. The first kappa shape index (κ1) is 22.3. The van der Waals surface area contributed by atoms with E-state index < -0.39 is 12.0 Å². The third kappa shape index (κ3) is 5.60. The van der Waals surface area contributed by atoms with Crippen LogP contribution in [0.5, 0.6) is 0 Å². The Labute approximate surface area is 173 Å². The van der Waals surface area contributed by atoms with Crippen molar-refractivity contribution in [3.8, 4) is 0 Å². The molecule has 0 spiro atoms. The van der Waals surface area contributed by atoms with Crippen molar-refractivity contribution in [2.45, 2.75) is 26.1 Å². The van der Waals surface area contributed by atoms with E-state index in [2.05, 4.69) is 15.3 Å². The number of carbonyl (C=O) groups excluding carboxylic acids is 1. The first-order valence-corrected chi connectivity index (χ1v) is 10.1. The number of urea groups is 1. The molecule has 8 nitrogen and oxygen atoms in total. The SMILES string of the molecule is CCOCCCNC(=O)N1CCN(CCn2c(C(F)(F)F)nc3cccnc32)CC1. The Balaban J connectivity index is 1.50. The first-order chi connectivity index (χ1) is 14.4. The smallest absolute Gasteiger partial charge is 0.382 e. The second-order valence-electron chi connectivity index (χ2n) is 7.04. The van der Waals surface area contributed by atoms with Crippen LogP contribution in [0, 0.1) is 0 Å². The Bertz CT molecular complexity index is 833. The number of amides is 2. The molecule has 2 amide bonds. The third-order valence-corrected chi connectivity index (χ3v) is 5.00. The maximum atomic E-state index is 13.4. The number of hydrogen-bond acceptors (Lipinski definition) is 5. The van der Waals surface area contributed by atoms with Crippen molar-refractivity contribution in [2.24, 2.45) is 0 Å². The molecule has 0 atom stereocenters. The van der Waals surface area contributed by atoms with E-state index in [1.807, 2.05) is 11.8 Å². The molecule has 0 aliphatic carbocycles. The summed E-state index contributed by atoms with van der Waals surface area (Å²) >= 11 is 0. The molecule has 0 radical (unpaired) electrons. The minimum Gasteiger partial charge on any atom is -0.382 e. The number of nitrogens with zero attached hydrogens (tertiary/aromatic N) is 5. The lowest BCUT2D eigenvalue weighted by Gasteiger charge is -2.34. The van der Waals surface area contributed by atoms with Gasteiger partial charge in [-0.25, -0.2) is 14.8 Å². The van der Waals surface area contributed by atoms with Crippen LogP contribution in [0.15, 0.2) is 18.3 Å². The second kappa shape index (κ2) is 10.1. The molecule has 1 aliphatic heterocycles. The summed E-state index contributed by atoms with van der Waals surface area (Å²) in [5.41, 5.74) is 0.463. The molecule has 0 saturated carbocycles. The molecule has 2 aromatic heterocycles. The van der Waals surface area contributed by atoms with Crippen LogP contribution in [-0.4, -0.2) is 82.8 Å². The second-order valence-corrected chi connectivity index (χ2v) is 7.04. The zero-order valence-corrected chi connectivity index (χ0v) is 17.0. The Kier molecular flexibility index (Phi) is 7.48. The Morgan fingerprint density at radius 3 is 2.70 bits per heavy atom. The average molecular weight is 428 g/mol. The van der Waals surface area contributed by atoms with Crippen LogP contribution in [-0.2, 0) is 17.5 Å². The molecule has 166 valence electrons. The van der Waals surface area contributed by atoms with Gasteiger partial charge < -0.3 is 19.5 Å². The third-order valence-electron chi connectivity index (χ3n) is 5.00. The summed E-state index contributed by atoms with van der Waals surface area (Å²) in [4.78, 5) is 23.8. The molecule has 0 unspecified atom stereocenters. The van der Waals surface area contributed by atoms with Crippen LogP contribution >= 0.6 is 0 Å². The summed E-state index contributed by atoms with van der Waals surface area (Å²) in [5, 5.41) is 2.87. The van der Waals surface area contributed by atoms with Crippen molar-refractivity contribution in [1.29, 1.82) is 0 Å². The monoisotopic (exact) mass is 428 g/mol. The number of fused-ring (bicyclic) bond motifs is 1. The van der Waals surface area contributed by atoms with Crippen molar-refractivity contribution in [3.05, 3.63) is 24.2 Å². The van der Waals surface area contributed by atoms with Crippen LogP contribution < -0.4 is 5.32 Å². The van der Waals surface area contributed by atoms with Crippen molar-refractivity contribution in [1.82, 2.24) is 29.7 Å². The van der Waals surface area contributed by atoms with E-state index in [4.69, 9.17) is 4.74 Å². The minimum atomic E-state index is -4.54. The summed E-state index contributed by atoms with van der Waals surface area (Å²) in [6.45, 7) is 6.59. The minimum absolute atomic E-state index is 0.115. The highest BCUT2D eigenvalue weighted by molar-refractivity contribution is 5.74. The lowest BCUT2D eigenvalue weighted by molar-refractivity contribution is -0.147. The molecule has 11 heteroatoms. The zero-order chi connectivity index (χ0) is 21.6. The summed E-state index contributed by atoms with van der Waals surface area (Å²) in [5.74, 6) is -0.929. The number of imidazole rings is 1. The van der Waals surface area contributed by atoms with Crippen LogP contribution in [0.3, 0.4) is 0 Å². The average Bonchev–Trinajstić information content (AvgIpc) is 3.11. The van der Waals surface area contributed by atoms with Gasteiger partial charge in [0.05, 0.1) is 0 Å². The zero-order valence-electron chi connectivity index (χ0n) is 17.0. The molecule has 30 heavy (non-hydrogen) atoms. The largest absolute Gasteiger partial charge is 0.449 e. The van der Waals surface area contributed by atoms with E-state index in [1.165, 1.54) is 12.3 Å². The number of nitrogens with one attached hydrogen (secondary N) is 1. The fourth-order valence-corrected chi connectivity index (χ4v) is 3.43. The van der Waals surface area contributed by atoms with E-state index in [1.54, 1.807) is 11.0 Å². The molecular weight excluding hydrogens is 401 g/mol. The Morgan fingerprint density at radius 2 is 2.00 bits per heavy atom. The van der Waals surface area contributed by atoms with Crippen molar-refractivity contribution in [2.75, 3.05) is 52.5 Å². The Morgan fingerprint density at radius 1 is 1.23 bits per heavy atom. The topological polar surface area (TPSA) is 75.5 Å². The predicted octanol–water partition coefficient (Wildman–Crippen LogP) is 2.20. The van der Waals surface area contributed by atoms with Gasteiger partial charge in [0.25, 0.3) is 0 Å². The van der Waals surface area contributed by atoms with E-state index in [0.717, 1.165) is 11.0 Å². The van der Waals surface area contributed by atoms with Gasteiger partial charge >= 0.3 is 12.2 Å². The fraction of sp³-hybridized carbons (Fsp3) is 0.632. The highest BCUT2D eigenvalue weighted by atomic mass is 19.4. The molecule has 2 aromatic rings. The quantitative estimate of drug-likeness (QED) is 0.653. The van der Waals surface area contributed by atoms with Crippen molar-refractivity contribution < 1.29 is 22.7 Å². The van der Waals surface area contributed by atoms with Gasteiger partial charge in [-0.3, -0.25) is 4.90 Å². The van der Waals surface area contributed by atoms with Gasteiger partial charge in [-0.2, -0.15) is 13.2 Å². The molecule has 1 saturated heterocycles. The summed E-state index contributed by atoms with van der Waals surface area (Å²) in [6, 6.07) is 2.98.